The molecule has 3 heteroatoms. The highest BCUT2D eigenvalue weighted by Gasteiger charge is 2.18. The summed E-state index contributed by atoms with van der Waals surface area (Å²) >= 11 is 0. The molecule has 0 bridgehead atoms. The molecule has 86 valence electrons. The maximum absolute atomic E-state index is 10.9. The van der Waals surface area contributed by atoms with Crippen LogP contribution in [0.25, 0.3) is 0 Å². The average molecular weight is 219 g/mol. The van der Waals surface area contributed by atoms with Gasteiger partial charge in [0, 0.05) is 6.04 Å². The van der Waals surface area contributed by atoms with E-state index in [-0.39, 0.29) is 6.04 Å². The van der Waals surface area contributed by atoms with E-state index in [1.807, 2.05) is 37.3 Å². The third-order valence-electron chi connectivity index (χ3n) is 2.45. The average Bonchev–Trinajstić information content (AvgIpc) is 2.29. The molecule has 2 N–H and O–H groups in total. The minimum atomic E-state index is -0.845. The second-order valence-electron chi connectivity index (χ2n) is 3.71. The van der Waals surface area contributed by atoms with Crippen molar-refractivity contribution in [2.24, 2.45) is 0 Å². The van der Waals surface area contributed by atoms with Crippen LogP contribution in [0.2, 0.25) is 0 Å². The van der Waals surface area contributed by atoms with Crippen LogP contribution >= 0.6 is 0 Å². The molecule has 0 aliphatic heterocycles. The Morgan fingerprint density at radius 3 is 2.62 bits per heavy atom. The van der Waals surface area contributed by atoms with E-state index in [2.05, 4.69) is 11.9 Å². The van der Waals surface area contributed by atoms with E-state index in [1.54, 1.807) is 6.08 Å². The van der Waals surface area contributed by atoms with Gasteiger partial charge in [0.2, 0.25) is 0 Å². The molecule has 0 amide bonds. The maximum atomic E-state index is 10.9. The van der Waals surface area contributed by atoms with Crippen LogP contribution in [0, 0.1) is 0 Å². The van der Waals surface area contributed by atoms with Gasteiger partial charge in [-0.15, -0.1) is 6.58 Å². The molecule has 0 unspecified atom stereocenters. The van der Waals surface area contributed by atoms with Crippen molar-refractivity contribution in [3.05, 3.63) is 48.6 Å². The van der Waals surface area contributed by atoms with E-state index < -0.39 is 12.0 Å². The second kappa shape index (κ2) is 6.08. The van der Waals surface area contributed by atoms with Crippen LogP contribution in [0.3, 0.4) is 0 Å². The number of carbonyl (C=O) groups is 1. The zero-order valence-electron chi connectivity index (χ0n) is 9.39. The van der Waals surface area contributed by atoms with Gasteiger partial charge in [0.05, 0.1) is 0 Å². The van der Waals surface area contributed by atoms with Crippen LogP contribution in [0.15, 0.2) is 43.0 Å². The van der Waals surface area contributed by atoms with Gasteiger partial charge in [0.15, 0.2) is 0 Å². The van der Waals surface area contributed by atoms with Crippen molar-refractivity contribution in [2.45, 2.75) is 25.4 Å². The van der Waals surface area contributed by atoms with E-state index in [9.17, 15) is 4.79 Å². The number of rotatable bonds is 6. The molecule has 0 aliphatic rings. The van der Waals surface area contributed by atoms with Crippen LogP contribution < -0.4 is 5.32 Å². The van der Waals surface area contributed by atoms with Crippen LogP contribution in [0.1, 0.15) is 24.9 Å². The van der Waals surface area contributed by atoms with Gasteiger partial charge in [-0.3, -0.25) is 10.1 Å². The summed E-state index contributed by atoms with van der Waals surface area (Å²) in [5.74, 6) is -0.845. The maximum Gasteiger partial charge on any atom is 0.321 e. The Kier molecular flexibility index (Phi) is 4.73. The largest absolute Gasteiger partial charge is 0.480 e. The summed E-state index contributed by atoms with van der Waals surface area (Å²) in [5, 5.41) is 12.1. The fourth-order valence-corrected chi connectivity index (χ4v) is 1.55. The van der Waals surface area contributed by atoms with Gasteiger partial charge in [-0.25, -0.2) is 0 Å². The summed E-state index contributed by atoms with van der Waals surface area (Å²) in [6.45, 7) is 5.51. The number of aliphatic carboxylic acids is 1. The highest BCUT2D eigenvalue weighted by molar-refractivity contribution is 5.73. The first-order valence-corrected chi connectivity index (χ1v) is 5.30. The summed E-state index contributed by atoms with van der Waals surface area (Å²) in [6.07, 6.45) is 2.04. The lowest BCUT2D eigenvalue weighted by atomic mass is 10.1. The normalized spacial score (nSPS) is 14.1. The molecule has 3 nitrogen and oxygen atoms in total. The molecule has 0 fully saturated rings. The highest BCUT2D eigenvalue weighted by atomic mass is 16.4. The zero-order chi connectivity index (χ0) is 12.0. The molecule has 0 spiro atoms. The van der Waals surface area contributed by atoms with Crippen molar-refractivity contribution in [1.82, 2.24) is 5.32 Å². The van der Waals surface area contributed by atoms with Crippen molar-refractivity contribution in [2.75, 3.05) is 0 Å². The summed E-state index contributed by atoms with van der Waals surface area (Å²) < 4.78 is 0. The van der Waals surface area contributed by atoms with E-state index in [0.717, 1.165) is 5.56 Å². The zero-order valence-corrected chi connectivity index (χ0v) is 9.39. The Balaban J connectivity index is 2.65. The molecule has 1 aromatic rings. The van der Waals surface area contributed by atoms with Gasteiger partial charge < -0.3 is 5.11 Å². The molecule has 0 aromatic heterocycles. The molecule has 2 atom stereocenters. The number of benzene rings is 1. The Labute approximate surface area is 95.8 Å². The number of nitrogens with one attached hydrogen (secondary N) is 1. The molecule has 1 rings (SSSR count). The molecular formula is C13H17NO2. The summed E-state index contributed by atoms with van der Waals surface area (Å²) in [4.78, 5) is 10.9. The summed E-state index contributed by atoms with van der Waals surface area (Å²) in [7, 11) is 0. The monoisotopic (exact) mass is 219 g/mol. The van der Waals surface area contributed by atoms with E-state index in [1.165, 1.54) is 0 Å². The minimum Gasteiger partial charge on any atom is -0.480 e. The topological polar surface area (TPSA) is 49.3 Å². The highest BCUT2D eigenvalue weighted by Crippen LogP contribution is 2.12. The molecule has 0 heterocycles. The van der Waals surface area contributed by atoms with Crippen molar-refractivity contribution in [3.8, 4) is 0 Å². The summed E-state index contributed by atoms with van der Waals surface area (Å²) in [5.41, 5.74) is 1.08. The first-order valence-electron chi connectivity index (χ1n) is 5.30. The Hall–Kier alpha value is -1.61. The van der Waals surface area contributed by atoms with Crippen LogP contribution in [0.5, 0.6) is 0 Å². The number of carboxylic acid groups (broad SMARTS) is 1. The standard InChI is InChI=1S/C13H17NO2/c1-3-7-12(13(15)16)14-10(2)11-8-5-4-6-9-11/h3-6,8-10,12,14H,1,7H2,2H3,(H,15,16)/t10-,12-/m0/s1. The molecule has 16 heavy (non-hydrogen) atoms. The Morgan fingerprint density at radius 1 is 1.50 bits per heavy atom. The fourth-order valence-electron chi connectivity index (χ4n) is 1.55. The van der Waals surface area contributed by atoms with Crippen molar-refractivity contribution >= 4 is 5.97 Å². The van der Waals surface area contributed by atoms with Crippen LogP contribution in [-0.2, 0) is 4.79 Å². The third kappa shape index (κ3) is 3.51. The van der Waals surface area contributed by atoms with Crippen LogP contribution in [0.4, 0.5) is 0 Å². The molecule has 1 aromatic carbocycles. The Bertz CT molecular complexity index is 348. The molecule has 0 saturated carbocycles. The molecular weight excluding hydrogens is 202 g/mol. The first-order chi connectivity index (χ1) is 7.65. The van der Waals surface area contributed by atoms with E-state index in [4.69, 9.17) is 5.11 Å². The van der Waals surface area contributed by atoms with Gasteiger partial charge >= 0.3 is 5.97 Å². The van der Waals surface area contributed by atoms with Crippen molar-refractivity contribution < 1.29 is 9.90 Å². The fraction of sp³-hybridized carbons (Fsp3) is 0.308. The smallest absolute Gasteiger partial charge is 0.321 e. The van der Waals surface area contributed by atoms with Crippen molar-refractivity contribution in [3.63, 3.8) is 0 Å². The molecule has 0 aliphatic carbocycles. The molecule has 0 saturated heterocycles. The number of hydrogen-bond acceptors (Lipinski definition) is 2. The lowest BCUT2D eigenvalue weighted by Crippen LogP contribution is -2.37. The number of hydrogen-bond donors (Lipinski definition) is 2. The van der Waals surface area contributed by atoms with Gasteiger partial charge in [0.1, 0.15) is 6.04 Å². The minimum absolute atomic E-state index is 0.0160. The van der Waals surface area contributed by atoms with Gasteiger partial charge in [0.25, 0.3) is 0 Å². The predicted octanol–water partition coefficient (Wildman–Crippen LogP) is 2.37. The van der Waals surface area contributed by atoms with Crippen LogP contribution in [-0.4, -0.2) is 17.1 Å². The lowest BCUT2D eigenvalue weighted by molar-refractivity contribution is -0.139. The molecule has 0 radical (unpaired) electrons. The third-order valence-corrected chi connectivity index (χ3v) is 2.45. The first kappa shape index (κ1) is 12.5. The van der Waals surface area contributed by atoms with Gasteiger partial charge in [-0.2, -0.15) is 0 Å². The SMILES string of the molecule is C=CC[C@H](N[C@@H](C)c1ccccc1)C(=O)O. The quantitative estimate of drug-likeness (QED) is 0.722. The number of carboxylic acids is 1. The van der Waals surface area contributed by atoms with Gasteiger partial charge in [-0.05, 0) is 18.9 Å². The van der Waals surface area contributed by atoms with Gasteiger partial charge in [-0.1, -0.05) is 36.4 Å². The second-order valence-corrected chi connectivity index (χ2v) is 3.71. The predicted molar refractivity (Wildman–Crippen MR) is 64.2 cm³/mol. The summed E-state index contributed by atoms with van der Waals surface area (Å²) in [6, 6.07) is 9.21. The lowest BCUT2D eigenvalue weighted by Gasteiger charge is -2.19. The van der Waals surface area contributed by atoms with E-state index >= 15 is 0 Å². The van der Waals surface area contributed by atoms with Crippen molar-refractivity contribution in [1.29, 1.82) is 0 Å². The van der Waals surface area contributed by atoms with E-state index in [0.29, 0.717) is 6.42 Å². The Morgan fingerprint density at radius 2 is 2.12 bits per heavy atom.